The lowest BCUT2D eigenvalue weighted by molar-refractivity contribution is -0.136. The van der Waals surface area contributed by atoms with E-state index in [4.69, 9.17) is 11.6 Å². The lowest BCUT2D eigenvalue weighted by atomic mass is 9.80. The molecule has 206 valence electrons. The molecule has 1 aromatic heterocycles. The number of pyridine rings is 1. The Morgan fingerprint density at radius 2 is 1.68 bits per heavy atom. The summed E-state index contributed by atoms with van der Waals surface area (Å²) in [5.41, 5.74) is 2.97. The molecular formula is C32H27ClF3NO2S. The molecule has 8 heteroatoms. The molecule has 1 aliphatic carbocycles. The van der Waals surface area contributed by atoms with Crippen molar-refractivity contribution in [1.82, 2.24) is 4.98 Å². The van der Waals surface area contributed by atoms with Crippen LogP contribution in [0.5, 0.6) is 0 Å². The Bertz CT molecular complexity index is 1730. The fourth-order valence-corrected chi connectivity index (χ4v) is 6.65. The summed E-state index contributed by atoms with van der Waals surface area (Å²) in [7, 11) is -3.42. The first-order valence-corrected chi connectivity index (χ1v) is 14.8. The van der Waals surface area contributed by atoms with Crippen LogP contribution >= 0.6 is 11.6 Å². The van der Waals surface area contributed by atoms with E-state index in [1.807, 2.05) is 36.4 Å². The zero-order chi connectivity index (χ0) is 28.7. The van der Waals surface area contributed by atoms with Gasteiger partial charge >= 0.3 is 6.18 Å². The second kappa shape index (κ2) is 10.5. The second-order valence-corrected chi connectivity index (χ2v) is 13.4. The van der Waals surface area contributed by atoms with Gasteiger partial charge in [-0.05, 0) is 72.7 Å². The number of sulfone groups is 1. The maximum atomic E-state index is 13.9. The molecule has 0 spiro atoms. The lowest BCUT2D eigenvalue weighted by Gasteiger charge is -2.32. The highest BCUT2D eigenvalue weighted by molar-refractivity contribution is 7.92. The van der Waals surface area contributed by atoms with E-state index in [-0.39, 0.29) is 10.4 Å². The highest BCUT2D eigenvalue weighted by Gasteiger charge is 2.38. The Labute approximate surface area is 237 Å². The molecule has 0 aliphatic heterocycles. The SMILES string of the molecule is CC(C)S(=O)(=O)c1ccc(C2=CC=CC(Cl)(c3c(Cc4ccccc4)cnc4c(C(F)(F)F)cccc34)C2)cc1. The van der Waals surface area contributed by atoms with Crippen molar-refractivity contribution in [1.29, 1.82) is 0 Å². The Morgan fingerprint density at radius 1 is 0.975 bits per heavy atom. The molecule has 3 aromatic carbocycles. The van der Waals surface area contributed by atoms with Crippen LogP contribution < -0.4 is 0 Å². The fraction of sp³-hybridized carbons (Fsp3) is 0.219. The zero-order valence-electron chi connectivity index (χ0n) is 21.9. The number of para-hydroxylation sites is 1. The van der Waals surface area contributed by atoms with Crippen molar-refractivity contribution >= 4 is 37.9 Å². The van der Waals surface area contributed by atoms with E-state index in [0.717, 1.165) is 28.3 Å². The smallest absolute Gasteiger partial charge is 0.255 e. The number of hydrogen-bond donors (Lipinski definition) is 0. The topological polar surface area (TPSA) is 47.0 Å². The summed E-state index contributed by atoms with van der Waals surface area (Å²) in [6, 6.07) is 20.3. The van der Waals surface area contributed by atoms with E-state index >= 15 is 0 Å². The van der Waals surface area contributed by atoms with Gasteiger partial charge in [0.1, 0.15) is 0 Å². The predicted molar refractivity (Wildman–Crippen MR) is 154 cm³/mol. The summed E-state index contributed by atoms with van der Waals surface area (Å²) in [6.45, 7) is 3.27. The van der Waals surface area contributed by atoms with Crippen LogP contribution in [-0.2, 0) is 27.3 Å². The standard InChI is InChI=1S/C32H27ClF3NO2S/c1-21(2)40(38,39)26-15-13-23(14-16-26)24-10-7-17-31(33,19-24)29-25(18-22-8-4-3-5-9-22)20-37-30-27(29)11-6-12-28(30)32(34,35)36/h3-17,20-21H,18-19H2,1-2H3. The van der Waals surface area contributed by atoms with Crippen LogP contribution in [0.1, 0.15) is 48.1 Å². The van der Waals surface area contributed by atoms with Crippen molar-refractivity contribution in [2.45, 2.75) is 47.9 Å². The molecule has 0 amide bonds. The van der Waals surface area contributed by atoms with Crippen molar-refractivity contribution < 1.29 is 21.6 Å². The second-order valence-electron chi connectivity index (χ2n) is 10.2. The van der Waals surface area contributed by atoms with Crippen molar-refractivity contribution in [3.8, 4) is 0 Å². The monoisotopic (exact) mass is 581 g/mol. The molecule has 0 bridgehead atoms. The van der Waals surface area contributed by atoms with Crippen LogP contribution in [0.15, 0.2) is 102 Å². The quantitative estimate of drug-likeness (QED) is 0.214. The van der Waals surface area contributed by atoms with E-state index in [9.17, 15) is 21.6 Å². The molecule has 3 nitrogen and oxygen atoms in total. The summed E-state index contributed by atoms with van der Waals surface area (Å²) in [5, 5.41) is -0.196. The van der Waals surface area contributed by atoms with Gasteiger partial charge in [0.15, 0.2) is 9.84 Å². The van der Waals surface area contributed by atoms with Crippen LogP contribution in [0.3, 0.4) is 0 Å². The number of allylic oxidation sites excluding steroid dienone is 4. The van der Waals surface area contributed by atoms with E-state index in [2.05, 4.69) is 4.98 Å². The van der Waals surface area contributed by atoms with Crippen LogP contribution in [0.4, 0.5) is 13.2 Å². The first-order valence-electron chi connectivity index (χ1n) is 12.8. The first kappa shape index (κ1) is 28.1. The van der Waals surface area contributed by atoms with Crippen LogP contribution in [0, 0.1) is 0 Å². The van der Waals surface area contributed by atoms with Gasteiger partial charge in [-0.25, -0.2) is 8.42 Å². The fourth-order valence-electron chi connectivity index (χ4n) is 5.15. The number of fused-ring (bicyclic) bond motifs is 1. The molecule has 0 fully saturated rings. The third-order valence-corrected chi connectivity index (χ3v) is 9.83. The number of halogens is 4. The van der Waals surface area contributed by atoms with Gasteiger partial charge in [-0.2, -0.15) is 13.2 Å². The van der Waals surface area contributed by atoms with Gasteiger partial charge in [-0.3, -0.25) is 4.98 Å². The van der Waals surface area contributed by atoms with Gasteiger partial charge in [0.2, 0.25) is 0 Å². The number of rotatable bonds is 6. The molecule has 40 heavy (non-hydrogen) atoms. The van der Waals surface area contributed by atoms with Crippen molar-refractivity contribution in [3.05, 3.63) is 125 Å². The molecular weight excluding hydrogens is 555 g/mol. The first-order chi connectivity index (χ1) is 18.9. The van der Waals surface area contributed by atoms with E-state index < -0.39 is 31.7 Å². The van der Waals surface area contributed by atoms with Gasteiger partial charge < -0.3 is 0 Å². The molecule has 0 saturated carbocycles. The summed E-state index contributed by atoms with van der Waals surface area (Å²) < 4.78 is 67.0. The molecule has 0 saturated heterocycles. The van der Waals surface area contributed by atoms with Gasteiger partial charge in [0.25, 0.3) is 0 Å². The number of nitrogens with zero attached hydrogens (tertiary/aromatic N) is 1. The van der Waals surface area contributed by atoms with E-state index in [0.29, 0.717) is 23.8 Å². The zero-order valence-corrected chi connectivity index (χ0v) is 23.5. The minimum absolute atomic E-state index is 0.144. The molecule has 1 atom stereocenters. The normalized spacial score (nSPS) is 17.8. The van der Waals surface area contributed by atoms with E-state index in [1.54, 1.807) is 56.3 Å². The molecule has 0 N–H and O–H groups in total. The Hall–Kier alpha value is -3.42. The molecule has 0 radical (unpaired) electrons. The van der Waals surface area contributed by atoms with Crippen LogP contribution in [-0.4, -0.2) is 18.7 Å². The molecule has 1 unspecified atom stereocenters. The highest BCUT2D eigenvalue weighted by atomic mass is 35.5. The average molecular weight is 582 g/mol. The van der Waals surface area contributed by atoms with E-state index in [1.165, 1.54) is 12.3 Å². The van der Waals surface area contributed by atoms with Crippen LogP contribution in [0.2, 0.25) is 0 Å². The Kier molecular flexibility index (Phi) is 7.40. The summed E-state index contributed by atoms with van der Waals surface area (Å²) >= 11 is 7.37. The third kappa shape index (κ3) is 5.32. The van der Waals surface area contributed by atoms with Crippen molar-refractivity contribution in [2.24, 2.45) is 0 Å². The molecule has 1 aliphatic rings. The minimum atomic E-state index is -4.57. The Morgan fingerprint density at radius 3 is 2.33 bits per heavy atom. The van der Waals surface area contributed by atoms with Crippen molar-refractivity contribution in [2.75, 3.05) is 0 Å². The van der Waals surface area contributed by atoms with Gasteiger partial charge in [0, 0.05) is 11.6 Å². The van der Waals surface area contributed by atoms with Crippen molar-refractivity contribution in [3.63, 3.8) is 0 Å². The number of alkyl halides is 4. The summed E-state index contributed by atoms with van der Waals surface area (Å²) in [6.07, 6.45) is 3.16. The highest BCUT2D eigenvalue weighted by Crippen LogP contribution is 2.47. The average Bonchev–Trinajstić information content (AvgIpc) is 2.92. The largest absolute Gasteiger partial charge is 0.418 e. The molecule has 5 rings (SSSR count). The summed E-state index contributed by atoms with van der Waals surface area (Å²) in [5.74, 6) is 0. The summed E-state index contributed by atoms with van der Waals surface area (Å²) in [4.78, 5) is 3.35. The van der Waals surface area contributed by atoms with Crippen LogP contribution in [0.25, 0.3) is 16.5 Å². The number of aromatic nitrogens is 1. The maximum Gasteiger partial charge on any atom is 0.418 e. The van der Waals surface area contributed by atoms with Gasteiger partial charge in [-0.1, -0.05) is 72.8 Å². The lowest BCUT2D eigenvalue weighted by Crippen LogP contribution is -2.22. The maximum absolute atomic E-state index is 13.9. The molecule has 1 heterocycles. The Balaban J connectivity index is 1.62. The third-order valence-electron chi connectivity index (χ3n) is 7.21. The predicted octanol–water partition coefficient (Wildman–Crippen LogP) is 8.50. The minimum Gasteiger partial charge on any atom is -0.255 e. The number of benzene rings is 3. The molecule has 4 aromatic rings. The van der Waals surface area contributed by atoms with Gasteiger partial charge in [0.05, 0.1) is 26.1 Å². The van der Waals surface area contributed by atoms with Gasteiger partial charge in [-0.15, -0.1) is 11.6 Å². The number of hydrogen-bond acceptors (Lipinski definition) is 3.